The summed E-state index contributed by atoms with van der Waals surface area (Å²) in [6.07, 6.45) is 5.00. The first-order chi connectivity index (χ1) is 16.2. The van der Waals surface area contributed by atoms with E-state index in [0.717, 1.165) is 18.4 Å². The number of carbonyl (C=O) groups is 1. The highest BCUT2D eigenvalue weighted by Gasteiger charge is 2.25. The Bertz CT molecular complexity index is 1150. The summed E-state index contributed by atoms with van der Waals surface area (Å²) in [5.74, 6) is 0.945. The van der Waals surface area contributed by atoms with Gasteiger partial charge < -0.3 is 13.6 Å². The Hall–Kier alpha value is -3.76. The molecule has 0 bridgehead atoms. The molecule has 2 heterocycles. The zero-order valence-corrected chi connectivity index (χ0v) is 19.0. The number of carbonyl (C=O) groups excluding carboxylic acids is 1. The number of pyridine rings is 2. The molecule has 2 aromatic heterocycles. The van der Waals surface area contributed by atoms with Gasteiger partial charge in [0.05, 0.1) is 5.56 Å². The Balaban J connectivity index is 1.64. The van der Waals surface area contributed by atoms with Crippen LogP contribution in [0.2, 0.25) is 0 Å². The SMILES string of the molecule is CCCc1ccccc1C(=O)c1ccccc1OP(Oc1ccccn1)Oc1ccccn1. The summed E-state index contributed by atoms with van der Waals surface area (Å²) in [5.41, 5.74) is 2.11. The second-order valence-electron chi connectivity index (χ2n) is 7.07. The molecule has 0 aliphatic rings. The molecule has 0 saturated heterocycles. The standard InChI is InChI=1S/C26H23N2O4P/c1-2-11-20-12-3-4-13-21(20)26(29)22-14-5-6-15-23(22)30-33(31-24-16-7-9-18-27-24)32-25-17-8-10-19-28-25/h3-10,12-19H,2,11H2,1H3. The van der Waals surface area contributed by atoms with Crippen molar-refractivity contribution in [2.24, 2.45) is 0 Å². The molecule has 0 aliphatic heterocycles. The van der Waals surface area contributed by atoms with E-state index in [1.165, 1.54) is 0 Å². The van der Waals surface area contributed by atoms with Crippen LogP contribution in [0.1, 0.15) is 34.8 Å². The lowest BCUT2D eigenvalue weighted by molar-refractivity contribution is 0.103. The maximum atomic E-state index is 13.5. The predicted molar refractivity (Wildman–Crippen MR) is 128 cm³/mol. The molecule has 0 spiro atoms. The molecule has 7 heteroatoms. The lowest BCUT2D eigenvalue weighted by Crippen LogP contribution is -2.09. The van der Waals surface area contributed by atoms with E-state index in [9.17, 15) is 4.79 Å². The maximum Gasteiger partial charge on any atom is 0.532 e. The van der Waals surface area contributed by atoms with Crippen LogP contribution in [0.15, 0.2) is 97.3 Å². The lowest BCUT2D eigenvalue weighted by atomic mass is 9.95. The Morgan fingerprint density at radius 1 is 0.727 bits per heavy atom. The summed E-state index contributed by atoms with van der Waals surface area (Å²) in [4.78, 5) is 21.9. The number of nitrogens with zero attached hydrogens (tertiary/aromatic N) is 2. The largest absolute Gasteiger partial charge is 0.532 e. The Morgan fingerprint density at radius 2 is 1.30 bits per heavy atom. The van der Waals surface area contributed by atoms with Gasteiger partial charge >= 0.3 is 8.60 Å². The monoisotopic (exact) mass is 458 g/mol. The number of hydrogen-bond acceptors (Lipinski definition) is 6. The molecule has 2 aromatic carbocycles. The van der Waals surface area contributed by atoms with Crippen LogP contribution in [0, 0.1) is 0 Å². The van der Waals surface area contributed by atoms with E-state index in [1.807, 2.05) is 30.3 Å². The minimum Gasteiger partial charge on any atom is -0.408 e. The third kappa shape index (κ3) is 5.93. The van der Waals surface area contributed by atoms with Crippen molar-refractivity contribution in [2.75, 3.05) is 0 Å². The van der Waals surface area contributed by atoms with Crippen molar-refractivity contribution in [1.82, 2.24) is 9.97 Å². The molecule has 0 unspecified atom stereocenters. The topological polar surface area (TPSA) is 70.5 Å². The van der Waals surface area contributed by atoms with E-state index >= 15 is 0 Å². The molecule has 166 valence electrons. The Morgan fingerprint density at radius 3 is 1.91 bits per heavy atom. The smallest absolute Gasteiger partial charge is 0.408 e. The zero-order chi connectivity index (χ0) is 22.9. The minimum absolute atomic E-state index is 0.111. The van der Waals surface area contributed by atoms with E-state index in [1.54, 1.807) is 67.0 Å². The molecule has 0 amide bonds. The van der Waals surface area contributed by atoms with Crippen LogP contribution in [0.25, 0.3) is 0 Å². The van der Waals surface area contributed by atoms with Crippen LogP contribution >= 0.6 is 8.60 Å². The number of rotatable bonds is 10. The van der Waals surface area contributed by atoms with Crippen LogP contribution in [0.3, 0.4) is 0 Å². The Kier molecular flexibility index (Phi) is 7.62. The van der Waals surface area contributed by atoms with Crippen molar-refractivity contribution in [2.45, 2.75) is 19.8 Å². The highest BCUT2D eigenvalue weighted by atomic mass is 31.2. The molecule has 0 aliphatic carbocycles. The number of hydrogen-bond donors (Lipinski definition) is 0. The summed E-state index contributed by atoms with van der Waals surface area (Å²) >= 11 is 0. The third-order valence-corrected chi connectivity index (χ3v) is 5.72. The molecule has 0 atom stereocenters. The van der Waals surface area contributed by atoms with Gasteiger partial charge in [-0.2, -0.15) is 0 Å². The summed E-state index contributed by atoms with van der Waals surface area (Å²) in [6.45, 7) is 2.09. The van der Waals surface area contributed by atoms with Gasteiger partial charge in [-0.1, -0.05) is 61.9 Å². The molecule has 0 radical (unpaired) electrons. The average molecular weight is 458 g/mol. The zero-order valence-electron chi connectivity index (χ0n) is 18.1. The van der Waals surface area contributed by atoms with Crippen LogP contribution in [-0.2, 0) is 6.42 Å². The molecular formula is C26H23N2O4P. The highest BCUT2D eigenvalue weighted by Crippen LogP contribution is 2.42. The number of ketones is 1. The van der Waals surface area contributed by atoms with Gasteiger partial charge in [0.25, 0.3) is 0 Å². The highest BCUT2D eigenvalue weighted by molar-refractivity contribution is 7.43. The summed E-state index contributed by atoms with van der Waals surface area (Å²) in [6, 6.07) is 25.3. The first-order valence-corrected chi connectivity index (χ1v) is 11.7. The van der Waals surface area contributed by atoms with Crippen molar-refractivity contribution in [3.8, 4) is 17.5 Å². The Labute approximate surface area is 194 Å². The van der Waals surface area contributed by atoms with Crippen molar-refractivity contribution in [3.05, 3.63) is 114 Å². The quantitative estimate of drug-likeness (QED) is 0.202. The summed E-state index contributed by atoms with van der Waals surface area (Å²) in [5, 5.41) is 0. The predicted octanol–water partition coefficient (Wildman–Crippen LogP) is 6.42. The van der Waals surface area contributed by atoms with E-state index in [-0.39, 0.29) is 5.78 Å². The molecule has 0 saturated carbocycles. The summed E-state index contributed by atoms with van der Waals surface area (Å²) in [7, 11) is -1.99. The normalized spacial score (nSPS) is 10.6. The van der Waals surface area contributed by atoms with Gasteiger partial charge in [-0.15, -0.1) is 0 Å². The van der Waals surface area contributed by atoms with Crippen LogP contribution in [0.4, 0.5) is 0 Å². The van der Waals surface area contributed by atoms with Gasteiger partial charge in [0.1, 0.15) is 5.75 Å². The fourth-order valence-corrected chi connectivity index (χ4v) is 4.15. The van der Waals surface area contributed by atoms with E-state index in [4.69, 9.17) is 13.6 Å². The molecule has 6 nitrogen and oxygen atoms in total. The van der Waals surface area contributed by atoms with Gasteiger partial charge in [-0.05, 0) is 36.2 Å². The van der Waals surface area contributed by atoms with Crippen LogP contribution in [0.5, 0.6) is 17.5 Å². The maximum absolute atomic E-state index is 13.5. The average Bonchev–Trinajstić information content (AvgIpc) is 2.86. The van der Waals surface area contributed by atoms with Crippen LogP contribution in [-0.4, -0.2) is 15.8 Å². The number of benzene rings is 2. The minimum atomic E-state index is -1.99. The van der Waals surface area contributed by atoms with E-state index < -0.39 is 8.60 Å². The summed E-state index contributed by atoms with van der Waals surface area (Å²) < 4.78 is 17.9. The van der Waals surface area contributed by atoms with Gasteiger partial charge in [-0.3, -0.25) is 4.79 Å². The van der Waals surface area contributed by atoms with Crippen molar-refractivity contribution < 1.29 is 18.4 Å². The van der Waals surface area contributed by atoms with Crippen molar-refractivity contribution >= 4 is 14.4 Å². The van der Waals surface area contributed by atoms with Crippen molar-refractivity contribution in [3.63, 3.8) is 0 Å². The fraction of sp³-hybridized carbons (Fsp3) is 0.115. The molecule has 0 fully saturated rings. The van der Waals surface area contributed by atoms with Gasteiger partial charge in [0.2, 0.25) is 11.8 Å². The number of aryl methyl sites for hydroxylation is 1. The fourth-order valence-electron chi connectivity index (χ4n) is 3.20. The molecule has 4 rings (SSSR count). The van der Waals surface area contributed by atoms with E-state index in [2.05, 4.69) is 16.9 Å². The van der Waals surface area contributed by atoms with Crippen LogP contribution < -0.4 is 13.6 Å². The molecule has 33 heavy (non-hydrogen) atoms. The lowest BCUT2D eigenvalue weighted by Gasteiger charge is -2.18. The van der Waals surface area contributed by atoms with Gasteiger partial charge in [-0.25, -0.2) is 9.97 Å². The second-order valence-corrected chi connectivity index (χ2v) is 8.06. The third-order valence-electron chi connectivity index (χ3n) is 4.70. The first kappa shape index (κ1) is 22.4. The first-order valence-electron chi connectivity index (χ1n) is 10.6. The number of aromatic nitrogens is 2. The van der Waals surface area contributed by atoms with E-state index in [0.29, 0.717) is 28.6 Å². The van der Waals surface area contributed by atoms with Crippen molar-refractivity contribution in [1.29, 1.82) is 0 Å². The number of para-hydroxylation sites is 1. The molecule has 0 N–H and O–H groups in total. The second kappa shape index (κ2) is 11.2. The van der Waals surface area contributed by atoms with Gasteiger partial charge in [0.15, 0.2) is 5.78 Å². The molecular weight excluding hydrogens is 435 g/mol. The van der Waals surface area contributed by atoms with Gasteiger partial charge in [0, 0.05) is 30.1 Å². The molecule has 4 aromatic rings.